The normalized spacial score (nSPS) is 7.40. The van der Waals surface area contributed by atoms with Crippen molar-refractivity contribution in [2.75, 3.05) is 13.1 Å². The largest absolute Gasteiger partial charge is 0.351 e. The zero-order chi connectivity index (χ0) is 7.98. The first-order valence-corrected chi connectivity index (χ1v) is 2.63. The second kappa shape index (κ2) is 4.29. The van der Waals surface area contributed by atoms with Crippen LogP contribution in [0, 0.1) is 24.7 Å². The highest BCUT2D eigenvalue weighted by Crippen LogP contribution is 1.83. The van der Waals surface area contributed by atoms with Crippen LogP contribution in [0.5, 0.6) is 0 Å². The van der Waals surface area contributed by atoms with Gasteiger partial charge in [-0.05, 0) is 0 Å². The summed E-state index contributed by atoms with van der Waals surface area (Å²) in [5.74, 6) is 4.53. The second-order valence-corrected chi connectivity index (χ2v) is 1.60. The molecule has 3 heteroatoms. The van der Waals surface area contributed by atoms with Crippen molar-refractivity contribution >= 4 is 6.03 Å². The summed E-state index contributed by atoms with van der Waals surface area (Å²) in [6.07, 6.45) is 9.86. The summed E-state index contributed by atoms with van der Waals surface area (Å²) >= 11 is 0. The summed E-state index contributed by atoms with van der Waals surface area (Å²) in [4.78, 5) is 11.6. The van der Waals surface area contributed by atoms with Gasteiger partial charge in [-0.3, -0.25) is 0 Å². The van der Waals surface area contributed by atoms with Crippen LogP contribution in [-0.2, 0) is 0 Å². The van der Waals surface area contributed by atoms with Gasteiger partial charge >= 0.3 is 6.03 Å². The van der Waals surface area contributed by atoms with E-state index in [0.717, 1.165) is 0 Å². The number of primary amides is 1. The van der Waals surface area contributed by atoms with Crippen molar-refractivity contribution in [2.24, 2.45) is 5.73 Å². The van der Waals surface area contributed by atoms with Crippen molar-refractivity contribution in [1.82, 2.24) is 4.90 Å². The maximum absolute atomic E-state index is 10.4. The molecule has 0 rings (SSSR count). The van der Waals surface area contributed by atoms with Crippen LogP contribution in [0.15, 0.2) is 0 Å². The molecule has 0 heterocycles. The van der Waals surface area contributed by atoms with Gasteiger partial charge < -0.3 is 10.6 Å². The third-order valence-corrected chi connectivity index (χ3v) is 0.876. The Morgan fingerprint density at radius 1 is 1.40 bits per heavy atom. The summed E-state index contributed by atoms with van der Waals surface area (Å²) < 4.78 is 0. The second-order valence-electron chi connectivity index (χ2n) is 1.60. The van der Waals surface area contributed by atoms with Gasteiger partial charge in [-0.15, -0.1) is 12.8 Å². The lowest BCUT2D eigenvalue weighted by Gasteiger charge is -2.12. The average molecular weight is 136 g/mol. The molecule has 0 aliphatic carbocycles. The first-order chi connectivity index (χ1) is 4.72. The lowest BCUT2D eigenvalue weighted by molar-refractivity contribution is 0.219. The van der Waals surface area contributed by atoms with Gasteiger partial charge in [-0.1, -0.05) is 11.8 Å². The molecule has 0 aromatic heterocycles. The van der Waals surface area contributed by atoms with Crippen molar-refractivity contribution in [3.05, 3.63) is 0 Å². The molecule has 0 radical (unpaired) electrons. The zero-order valence-electron chi connectivity index (χ0n) is 5.50. The molecule has 0 aromatic rings. The Balaban J connectivity index is 3.90. The number of hydrogen-bond donors (Lipinski definition) is 1. The number of amides is 2. The van der Waals surface area contributed by atoms with Gasteiger partial charge in [0.15, 0.2) is 0 Å². The van der Waals surface area contributed by atoms with Crippen molar-refractivity contribution < 1.29 is 4.79 Å². The molecular formula is C7H8N2O. The van der Waals surface area contributed by atoms with Gasteiger partial charge in [-0.2, -0.15) is 0 Å². The van der Waals surface area contributed by atoms with Gasteiger partial charge in [0, 0.05) is 0 Å². The number of carbonyl (C=O) groups is 1. The van der Waals surface area contributed by atoms with E-state index in [1.54, 1.807) is 0 Å². The molecule has 10 heavy (non-hydrogen) atoms. The van der Waals surface area contributed by atoms with Gasteiger partial charge in [-0.25, -0.2) is 4.79 Å². The predicted octanol–water partition coefficient (Wildman–Crippen LogP) is -0.366. The minimum Gasteiger partial charge on any atom is -0.351 e. The topological polar surface area (TPSA) is 46.3 Å². The summed E-state index contributed by atoms with van der Waals surface area (Å²) in [6, 6.07) is -0.587. The number of carbonyl (C=O) groups excluding carboxylic acids is 1. The smallest absolute Gasteiger partial charge is 0.316 e. The Hall–Kier alpha value is -1.61. The van der Waals surface area contributed by atoms with E-state index >= 15 is 0 Å². The van der Waals surface area contributed by atoms with E-state index in [1.165, 1.54) is 4.90 Å². The molecule has 0 aromatic carbocycles. The van der Waals surface area contributed by atoms with Gasteiger partial charge in [0.25, 0.3) is 0 Å². The summed E-state index contributed by atoms with van der Waals surface area (Å²) in [7, 11) is 0. The molecule has 2 N–H and O–H groups in total. The first-order valence-electron chi connectivity index (χ1n) is 2.63. The Bertz CT molecular complexity index is 181. The van der Waals surface area contributed by atoms with Crippen LogP contribution in [0.3, 0.4) is 0 Å². The zero-order valence-corrected chi connectivity index (χ0v) is 5.50. The standard InChI is InChI=1S/C7H8N2O/c1-3-5-9(6-4-2)7(8)10/h1-2H,5-6H2,(H2,8,10). The Morgan fingerprint density at radius 3 is 2.00 bits per heavy atom. The molecule has 0 aliphatic rings. The number of hydrogen-bond acceptors (Lipinski definition) is 1. The maximum atomic E-state index is 10.4. The third kappa shape index (κ3) is 2.64. The van der Waals surface area contributed by atoms with Crippen molar-refractivity contribution in [1.29, 1.82) is 0 Å². The molecule has 0 saturated carbocycles. The fourth-order valence-electron chi connectivity index (χ4n) is 0.432. The van der Waals surface area contributed by atoms with Crippen LogP contribution < -0.4 is 5.73 Å². The number of nitrogens with two attached hydrogens (primary N) is 1. The van der Waals surface area contributed by atoms with E-state index in [2.05, 4.69) is 11.8 Å². The van der Waals surface area contributed by atoms with Gasteiger partial charge in [0.2, 0.25) is 0 Å². The van der Waals surface area contributed by atoms with Crippen LogP contribution in [-0.4, -0.2) is 24.0 Å². The summed E-state index contributed by atoms with van der Waals surface area (Å²) in [6.45, 7) is 0.332. The monoisotopic (exact) mass is 136 g/mol. The number of urea groups is 1. The van der Waals surface area contributed by atoms with Crippen LogP contribution in [0.2, 0.25) is 0 Å². The quantitative estimate of drug-likeness (QED) is 0.517. The maximum Gasteiger partial charge on any atom is 0.316 e. The van der Waals surface area contributed by atoms with Crippen LogP contribution >= 0.6 is 0 Å². The number of rotatable bonds is 2. The summed E-state index contributed by atoms with van der Waals surface area (Å²) in [5, 5.41) is 0. The van der Waals surface area contributed by atoms with E-state index < -0.39 is 6.03 Å². The molecule has 0 unspecified atom stereocenters. The lowest BCUT2D eigenvalue weighted by atomic mass is 10.5. The van der Waals surface area contributed by atoms with E-state index in [4.69, 9.17) is 18.6 Å². The lowest BCUT2D eigenvalue weighted by Crippen LogP contribution is -2.36. The molecular weight excluding hydrogens is 128 g/mol. The number of nitrogens with zero attached hydrogens (tertiary/aromatic N) is 1. The SMILES string of the molecule is C#CCN(CC#C)C(N)=O. The minimum atomic E-state index is -0.587. The minimum absolute atomic E-state index is 0.166. The number of terminal acetylenes is 2. The third-order valence-electron chi connectivity index (χ3n) is 0.876. The van der Waals surface area contributed by atoms with E-state index in [9.17, 15) is 4.79 Å². The molecule has 0 fully saturated rings. The van der Waals surface area contributed by atoms with Crippen molar-refractivity contribution in [3.63, 3.8) is 0 Å². The van der Waals surface area contributed by atoms with Gasteiger partial charge in [0.05, 0.1) is 13.1 Å². The molecule has 2 amide bonds. The van der Waals surface area contributed by atoms with Crippen LogP contribution in [0.1, 0.15) is 0 Å². The highest BCUT2D eigenvalue weighted by molar-refractivity contribution is 5.72. The highest BCUT2D eigenvalue weighted by Gasteiger charge is 2.03. The molecule has 0 bridgehead atoms. The van der Waals surface area contributed by atoms with Crippen LogP contribution in [0.25, 0.3) is 0 Å². The van der Waals surface area contributed by atoms with Crippen LogP contribution in [0.4, 0.5) is 4.79 Å². The molecule has 0 atom stereocenters. The molecule has 52 valence electrons. The van der Waals surface area contributed by atoms with Crippen molar-refractivity contribution in [3.8, 4) is 24.7 Å². The Morgan fingerprint density at radius 2 is 1.80 bits per heavy atom. The molecule has 0 spiro atoms. The van der Waals surface area contributed by atoms with E-state index in [0.29, 0.717) is 0 Å². The Labute approximate surface area is 60.2 Å². The van der Waals surface area contributed by atoms with E-state index in [-0.39, 0.29) is 13.1 Å². The fraction of sp³-hybridized carbons (Fsp3) is 0.286. The van der Waals surface area contributed by atoms with Crippen molar-refractivity contribution in [2.45, 2.75) is 0 Å². The fourth-order valence-corrected chi connectivity index (χ4v) is 0.432. The first kappa shape index (κ1) is 8.39. The predicted molar refractivity (Wildman–Crippen MR) is 38.8 cm³/mol. The Kier molecular flexibility index (Phi) is 3.60. The molecule has 0 aliphatic heterocycles. The molecule has 0 saturated heterocycles. The molecule has 3 nitrogen and oxygen atoms in total. The van der Waals surface area contributed by atoms with Gasteiger partial charge in [0.1, 0.15) is 0 Å². The highest BCUT2D eigenvalue weighted by atomic mass is 16.2. The summed E-state index contributed by atoms with van der Waals surface area (Å²) in [5.41, 5.74) is 4.90. The van der Waals surface area contributed by atoms with E-state index in [1.807, 2.05) is 0 Å². The average Bonchev–Trinajstić information content (AvgIpc) is 1.87.